The van der Waals surface area contributed by atoms with Crippen molar-refractivity contribution in [1.29, 1.82) is 0 Å². The van der Waals surface area contributed by atoms with Crippen LogP contribution in [-0.4, -0.2) is 173 Å². The maximum absolute atomic E-state index is 14.7. The van der Waals surface area contributed by atoms with Crippen molar-refractivity contribution in [1.82, 2.24) is 25.3 Å². The summed E-state index contributed by atoms with van der Waals surface area (Å²) >= 11 is 0. The molecule has 0 aromatic heterocycles. The number of nitrogens with two attached hydrogens (primary N) is 1. The SMILES string of the molecule is CC[C@H](C)[C@@H]([C@@H](CC(=O)N1CCC[C@H]1[C@H](OC)[C@@H](C)C(=O)N[C@H](C)[C@@H](O)c1ccccc1)OC)N(C)C(=O)[C@@H](NC(=O)[C@H](C(C)C)N(C)C(=O)OCc1ccc(O[C@@H]2O[C@H](C(=O)O)C[C@H](O)[C@H]2O)c(CN)c1)C(C)C. The first-order chi connectivity index (χ1) is 35.4. The number of carboxylic acid groups (broad SMARTS) is 1. The van der Waals surface area contributed by atoms with E-state index in [0.29, 0.717) is 42.5 Å². The number of nitrogens with one attached hydrogen (secondary N) is 2. The van der Waals surface area contributed by atoms with Crippen molar-refractivity contribution in [3.63, 3.8) is 0 Å². The molecular weight excluding hydrogens is 973 g/mol. The Kier molecular flexibility index (Phi) is 23.7. The first-order valence-corrected chi connectivity index (χ1v) is 26.0. The fourth-order valence-corrected chi connectivity index (χ4v) is 10.2. The summed E-state index contributed by atoms with van der Waals surface area (Å²) in [5.74, 6) is -4.39. The Bertz CT molecular complexity index is 2200. The third-order valence-corrected chi connectivity index (χ3v) is 14.7. The molecule has 2 aliphatic rings. The van der Waals surface area contributed by atoms with Crippen molar-refractivity contribution in [2.45, 2.75) is 174 Å². The summed E-state index contributed by atoms with van der Waals surface area (Å²) in [4.78, 5) is 86.6. The molecule has 0 spiro atoms. The van der Waals surface area contributed by atoms with Crippen LogP contribution in [0, 0.1) is 23.7 Å². The van der Waals surface area contributed by atoms with E-state index in [4.69, 9.17) is 29.4 Å². The van der Waals surface area contributed by atoms with Gasteiger partial charge in [-0.1, -0.05) is 91.3 Å². The third kappa shape index (κ3) is 15.8. The molecule has 0 unspecified atom stereocenters. The third-order valence-electron chi connectivity index (χ3n) is 14.7. The largest absolute Gasteiger partial charge is 0.479 e. The van der Waals surface area contributed by atoms with Crippen molar-refractivity contribution in [2.75, 3.05) is 34.9 Å². The molecule has 420 valence electrons. The molecule has 4 rings (SSSR count). The lowest BCUT2D eigenvalue weighted by atomic mass is 9.89. The van der Waals surface area contributed by atoms with Crippen molar-refractivity contribution >= 4 is 35.7 Å². The van der Waals surface area contributed by atoms with E-state index in [1.807, 2.05) is 32.0 Å². The maximum atomic E-state index is 14.7. The van der Waals surface area contributed by atoms with Crippen molar-refractivity contribution < 1.29 is 72.9 Å². The molecular formula is C54H84N6O15. The van der Waals surface area contributed by atoms with Gasteiger partial charge in [-0.05, 0) is 60.8 Å². The van der Waals surface area contributed by atoms with E-state index in [-0.39, 0.29) is 49.5 Å². The number of ether oxygens (including phenoxy) is 5. The molecule has 2 aliphatic heterocycles. The van der Waals surface area contributed by atoms with Crippen LogP contribution in [0.25, 0.3) is 0 Å². The number of benzene rings is 2. The van der Waals surface area contributed by atoms with Gasteiger partial charge in [0.05, 0.1) is 54.9 Å². The second-order valence-electron chi connectivity index (χ2n) is 20.7. The zero-order chi connectivity index (χ0) is 56.0. The summed E-state index contributed by atoms with van der Waals surface area (Å²) < 4.78 is 28.8. The summed E-state index contributed by atoms with van der Waals surface area (Å²) in [5, 5.41) is 46.8. The molecule has 5 amide bonds. The first-order valence-electron chi connectivity index (χ1n) is 26.0. The molecule has 2 aromatic carbocycles. The van der Waals surface area contributed by atoms with Crippen LogP contribution >= 0.6 is 0 Å². The molecule has 14 atom stereocenters. The Balaban J connectivity index is 1.43. The van der Waals surface area contributed by atoms with Crippen LogP contribution in [-0.2, 0) is 56.1 Å². The topological polar surface area (TPSA) is 289 Å². The van der Waals surface area contributed by atoms with Crippen molar-refractivity contribution in [2.24, 2.45) is 29.4 Å². The lowest BCUT2D eigenvalue weighted by Crippen LogP contribution is -2.60. The molecule has 2 heterocycles. The predicted molar refractivity (Wildman–Crippen MR) is 276 cm³/mol. The zero-order valence-corrected chi connectivity index (χ0v) is 45.7. The van der Waals surface area contributed by atoms with E-state index in [9.17, 15) is 49.2 Å². The van der Waals surface area contributed by atoms with Gasteiger partial charge in [0.1, 0.15) is 30.5 Å². The summed E-state index contributed by atoms with van der Waals surface area (Å²) in [6.45, 7) is 14.7. The summed E-state index contributed by atoms with van der Waals surface area (Å²) in [6, 6.07) is 9.96. The standard InChI is InChI=1S/C54H84N6O15/c1-13-31(6)45(40(71-11)26-42(62)60-23-17-20-37(60)48(72-12)32(7)49(65)56-33(8)46(63)35-18-15-14-16-19-35)58(9)51(67)43(29(2)3)57-50(66)44(30(4)5)59(10)54(70)73-28-34-21-22-39(36(24-34)27-55)74-53-47(64)38(61)25-41(75-53)52(68)69/h14-16,18-19,21-22,24,29-33,37-38,40-41,43-48,53,61,63-64H,13,17,20,23,25-28,55H2,1-12H3,(H,56,65)(H,57,66)(H,68,69)/t31-,32+,33+,37-,38-,40+,41-,43-,44-,45-,46+,47+,48+,53+/m0/s1. The molecule has 0 aliphatic carbocycles. The Morgan fingerprint density at radius 1 is 0.893 bits per heavy atom. The van der Waals surface area contributed by atoms with Crippen LogP contribution in [0.3, 0.4) is 0 Å². The smallest absolute Gasteiger partial charge is 0.410 e. The summed E-state index contributed by atoms with van der Waals surface area (Å²) in [7, 11) is 6.08. The van der Waals surface area contributed by atoms with Crippen LogP contribution in [0.1, 0.15) is 110 Å². The van der Waals surface area contributed by atoms with Crippen LogP contribution in [0.15, 0.2) is 48.5 Å². The average molecular weight is 1060 g/mol. The summed E-state index contributed by atoms with van der Waals surface area (Å²) in [6.07, 6.45) is -7.48. The molecule has 2 fully saturated rings. The van der Waals surface area contributed by atoms with Gasteiger partial charge in [0, 0.05) is 53.4 Å². The van der Waals surface area contributed by atoms with Gasteiger partial charge >= 0.3 is 12.1 Å². The van der Waals surface area contributed by atoms with E-state index >= 15 is 0 Å². The van der Waals surface area contributed by atoms with Gasteiger partial charge in [-0.2, -0.15) is 0 Å². The lowest BCUT2D eigenvalue weighted by molar-refractivity contribution is -0.238. The Morgan fingerprint density at radius 2 is 1.56 bits per heavy atom. The number of carbonyl (C=O) groups excluding carboxylic acids is 5. The van der Waals surface area contributed by atoms with E-state index in [2.05, 4.69) is 10.6 Å². The van der Waals surface area contributed by atoms with Gasteiger partial charge in [-0.3, -0.25) is 24.1 Å². The highest BCUT2D eigenvalue weighted by molar-refractivity contribution is 5.92. The minimum atomic E-state index is -1.53. The number of carbonyl (C=O) groups is 6. The van der Waals surface area contributed by atoms with Crippen LogP contribution in [0.4, 0.5) is 4.79 Å². The van der Waals surface area contributed by atoms with Crippen LogP contribution in [0.2, 0.25) is 0 Å². The minimum Gasteiger partial charge on any atom is -0.479 e. The number of likely N-dealkylation sites (N-methyl/N-ethyl adjacent to an activating group) is 2. The highest BCUT2D eigenvalue weighted by Gasteiger charge is 2.45. The van der Waals surface area contributed by atoms with Crippen LogP contribution < -0.4 is 21.1 Å². The second-order valence-corrected chi connectivity index (χ2v) is 20.7. The highest BCUT2D eigenvalue weighted by atomic mass is 16.7. The van der Waals surface area contributed by atoms with Crippen LogP contribution in [0.5, 0.6) is 5.75 Å². The number of nitrogens with zero attached hydrogens (tertiary/aromatic N) is 3. The molecule has 21 nitrogen and oxygen atoms in total. The fraction of sp³-hybridized carbons (Fsp3) is 0.667. The number of hydrogen-bond acceptors (Lipinski definition) is 15. The lowest BCUT2D eigenvalue weighted by Gasteiger charge is -2.41. The normalized spacial score (nSPS) is 22.4. The monoisotopic (exact) mass is 1060 g/mol. The van der Waals surface area contributed by atoms with Gasteiger partial charge in [-0.15, -0.1) is 0 Å². The first kappa shape index (κ1) is 62.1. The van der Waals surface area contributed by atoms with Gasteiger partial charge < -0.3 is 70.3 Å². The van der Waals surface area contributed by atoms with E-state index in [1.54, 1.807) is 82.7 Å². The fourth-order valence-electron chi connectivity index (χ4n) is 10.2. The molecule has 0 bridgehead atoms. The van der Waals surface area contributed by atoms with Gasteiger partial charge in [0.15, 0.2) is 6.10 Å². The molecule has 0 saturated carbocycles. The number of likely N-dealkylation sites (tertiary alicyclic amines) is 1. The number of aliphatic hydroxyl groups is 3. The Hall–Kier alpha value is -5.42. The molecule has 21 heteroatoms. The Morgan fingerprint density at radius 3 is 2.13 bits per heavy atom. The minimum absolute atomic E-state index is 0.0616. The number of aliphatic hydroxyl groups excluding tert-OH is 3. The number of rotatable bonds is 26. The quantitative estimate of drug-likeness (QED) is 0.0711. The zero-order valence-electron chi connectivity index (χ0n) is 45.7. The predicted octanol–water partition coefficient (Wildman–Crippen LogP) is 3.34. The Labute approximate surface area is 441 Å². The number of aliphatic carboxylic acids is 1. The molecule has 0 radical (unpaired) electrons. The number of amides is 5. The number of hydrogen-bond donors (Lipinski definition) is 7. The maximum Gasteiger partial charge on any atom is 0.410 e. The molecule has 75 heavy (non-hydrogen) atoms. The number of carboxylic acids is 1. The van der Waals surface area contributed by atoms with Gasteiger partial charge in [-0.25, -0.2) is 9.59 Å². The molecule has 2 saturated heterocycles. The molecule has 8 N–H and O–H groups in total. The average Bonchev–Trinajstić information content (AvgIpc) is 3.87. The van der Waals surface area contributed by atoms with Crippen molar-refractivity contribution in [3.8, 4) is 5.75 Å². The summed E-state index contributed by atoms with van der Waals surface area (Å²) in [5.41, 5.74) is 7.55. The van der Waals surface area contributed by atoms with Crippen molar-refractivity contribution in [3.05, 3.63) is 65.2 Å². The highest BCUT2D eigenvalue weighted by Crippen LogP contribution is 2.31. The van der Waals surface area contributed by atoms with E-state index in [0.717, 1.165) is 4.90 Å². The number of methoxy groups -OCH3 is 2. The van der Waals surface area contributed by atoms with Gasteiger partial charge in [0.2, 0.25) is 29.9 Å². The molecule has 2 aromatic rings. The van der Waals surface area contributed by atoms with Gasteiger partial charge in [0.25, 0.3) is 0 Å². The van der Waals surface area contributed by atoms with E-state index in [1.165, 1.54) is 27.3 Å². The second kappa shape index (κ2) is 28.6. The van der Waals surface area contributed by atoms with E-state index < -0.39 is 115 Å².